The summed E-state index contributed by atoms with van der Waals surface area (Å²) < 4.78 is 5.21. The Hall–Kier alpha value is -1.62. The molecule has 0 aromatic heterocycles. The molecule has 0 saturated carbocycles. The Morgan fingerprint density at radius 1 is 1.39 bits per heavy atom. The van der Waals surface area contributed by atoms with Crippen LogP contribution in [0.2, 0.25) is 0 Å². The number of nitro groups is 1. The number of rotatable bonds is 6. The number of hydrogen-bond donors (Lipinski definition) is 1. The number of ether oxygens (including phenoxy) is 1. The summed E-state index contributed by atoms with van der Waals surface area (Å²) >= 11 is 0. The normalized spacial score (nSPS) is 12.5. The molecule has 0 amide bonds. The van der Waals surface area contributed by atoms with Gasteiger partial charge in [-0.3, -0.25) is 10.1 Å². The van der Waals surface area contributed by atoms with Crippen LogP contribution in [0.15, 0.2) is 18.2 Å². The zero-order valence-electron chi connectivity index (χ0n) is 11.3. The Labute approximate surface area is 107 Å². The molecule has 0 saturated heterocycles. The summed E-state index contributed by atoms with van der Waals surface area (Å²) in [5.41, 5.74) is 0.893. The van der Waals surface area contributed by atoms with Crippen LogP contribution in [0.4, 0.5) is 5.69 Å². The molecular weight excluding hydrogens is 232 g/mol. The molecule has 0 fully saturated rings. The van der Waals surface area contributed by atoms with Gasteiger partial charge in [0.15, 0.2) is 0 Å². The number of hydrogen-bond acceptors (Lipinski definition) is 4. The first-order chi connectivity index (χ1) is 8.45. The third kappa shape index (κ3) is 3.70. The average molecular weight is 252 g/mol. The van der Waals surface area contributed by atoms with E-state index in [9.17, 15) is 10.1 Å². The molecule has 1 unspecified atom stereocenters. The second-order valence-corrected chi connectivity index (χ2v) is 4.67. The molecule has 0 bridgehead atoms. The van der Waals surface area contributed by atoms with Gasteiger partial charge in [0.2, 0.25) is 0 Å². The largest absolute Gasteiger partial charge is 0.496 e. The van der Waals surface area contributed by atoms with Crippen molar-refractivity contribution >= 4 is 5.69 Å². The van der Waals surface area contributed by atoms with Gasteiger partial charge in [0, 0.05) is 30.3 Å². The van der Waals surface area contributed by atoms with Crippen molar-refractivity contribution in [2.24, 2.45) is 5.92 Å². The van der Waals surface area contributed by atoms with Gasteiger partial charge in [-0.05, 0) is 18.9 Å². The third-order valence-electron chi connectivity index (χ3n) is 3.09. The van der Waals surface area contributed by atoms with Gasteiger partial charge in [0.1, 0.15) is 5.75 Å². The summed E-state index contributed by atoms with van der Waals surface area (Å²) in [5, 5.41) is 14.1. The minimum Gasteiger partial charge on any atom is -0.496 e. The Morgan fingerprint density at radius 2 is 2.06 bits per heavy atom. The summed E-state index contributed by atoms with van der Waals surface area (Å²) in [7, 11) is 1.57. The van der Waals surface area contributed by atoms with Crippen LogP contribution in [-0.2, 0) is 6.54 Å². The summed E-state index contributed by atoms with van der Waals surface area (Å²) in [5.74, 6) is 1.18. The lowest BCUT2D eigenvalue weighted by Crippen LogP contribution is -2.30. The quantitative estimate of drug-likeness (QED) is 0.624. The van der Waals surface area contributed by atoms with Crippen LogP contribution in [-0.4, -0.2) is 18.1 Å². The maximum atomic E-state index is 10.7. The van der Waals surface area contributed by atoms with Gasteiger partial charge in [-0.15, -0.1) is 0 Å². The smallest absolute Gasteiger partial charge is 0.270 e. The highest BCUT2D eigenvalue weighted by Gasteiger charge is 2.13. The van der Waals surface area contributed by atoms with Crippen LogP contribution in [0.25, 0.3) is 0 Å². The molecule has 0 radical (unpaired) electrons. The minimum atomic E-state index is -0.394. The minimum absolute atomic E-state index is 0.0878. The number of nitro benzene ring substituents is 1. The van der Waals surface area contributed by atoms with Crippen molar-refractivity contribution in [3.8, 4) is 5.75 Å². The van der Waals surface area contributed by atoms with Crippen LogP contribution in [0.5, 0.6) is 5.75 Å². The first-order valence-corrected chi connectivity index (χ1v) is 6.00. The van der Waals surface area contributed by atoms with Gasteiger partial charge in [-0.1, -0.05) is 13.8 Å². The molecule has 1 N–H and O–H groups in total. The summed E-state index contributed by atoms with van der Waals surface area (Å²) in [6, 6.07) is 4.98. The van der Waals surface area contributed by atoms with Gasteiger partial charge in [-0.25, -0.2) is 0 Å². The topological polar surface area (TPSA) is 64.4 Å². The van der Waals surface area contributed by atoms with E-state index in [1.807, 2.05) is 0 Å². The molecule has 0 aliphatic carbocycles. The van der Waals surface area contributed by atoms with E-state index in [-0.39, 0.29) is 5.69 Å². The molecule has 0 heterocycles. The van der Waals surface area contributed by atoms with Crippen molar-refractivity contribution in [3.05, 3.63) is 33.9 Å². The van der Waals surface area contributed by atoms with Crippen molar-refractivity contribution in [3.63, 3.8) is 0 Å². The van der Waals surface area contributed by atoms with Crippen LogP contribution < -0.4 is 10.1 Å². The Bertz CT molecular complexity index is 419. The van der Waals surface area contributed by atoms with Gasteiger partial charge in [0.25, 0.3) is 5.69 Å². The van der Waals surface area contributed by atoms with Crippen LogP contribution in [0.3, 0.4) is 0 Å². The van der Waals surface area contributed by atoms with E-state index in [0.29, 0.717) is 24.3 Å². The number of methoxy groups -OCH3 is 1. The molecule has 5 heteroatoms. The van der Waals surface area contributed by atoms with Crippen molar-refractivity contribution in [1.82, 2.24) is 5.32 Å². The van der Waals surface area contributed by atoms with Gasteiger partial charge >= 0.3 is 0 Å². The van der Waals surface area contributed by atoms with Gasteiger partial charge in [-0.2, -0.15) is 0 Å². The maximum Gasteiger partial charge on any atom is 0.270 e. The fourth-order valence-corrected chi connectivity index (χ4v) is 1.52. The standard InChI is InChI=1S/C13H20N2O3/c1-9(2)10(3)14-8-11-7-12(15(16)17)5-6-13(11)18-4/h5-7,9-10,14H,8H2,1-4H3. The molecule has 0 aliphatic rings. The fourth-order valence-electron chi connectivity index (χ4n) is 1.52. The highest BCUT2D eigenvalue weighted by Crippen LogP contribution is 2.24. The Balaban J connectivity index is 2.84. The molecule has 1 aromatic carbocycles. The molecule has 5 nitrogen and oxygen atoms in total. The SMILES string of the molecule is COc1ccc([N+](=O)[O-])cc1CNC(C)C(C)C. The highest BCUT2D eigenvalue weighted by molar-refractivity contribution is 5.43. The zero-order chi connectivity index (χ0) is 13.7. The first kappa shape index (κ1) is 14.4. The highest BCUT2D eigenvalue weighted by atomic mass is 16.6. The third-order valence-corrected chi connectivity index (χ3v) is 3.09. The molecule has 1 atom stereocenters. The number of non-ortho nitro benzene ring substituents is 1. The predicted molar refractivity (Wildman–Crippen MR) is 70.8 cm³/mol. The van der Waals surface area contributed by atoms with E-state index >= 15 is 0 Å². The van der Waals surface area contributed by atoms with Crippen LogP contribution >= 0.6 is 0 Å². The molecule has 1 aromatic rings. The lowest BCUT2D eigenvalue weighted by molar-refractivity contribution is -0.384. The van der Waals surface area contributed by atoms with Crippen LogP contribution in [0, 0.1) is 16.0 Å². The van der Waals surface area contributed by atoms with Gasteiger partial charge < -0.3 is 10.1 Å². The van der Waals surface area contributed by atoms with Crippen molar-refractivity contribution < 1.29 is 9.66 Å². The summed E-state index contributed by atoms with van der Waals surface area (Å²) in [4.78, 5) is 10.3. The van der Waals surface area contributed by atoms with Crippen LogP contribution in [0.1, 0.15) is 26.3 Å². The van der Waals surface area contributed by atoms with E-state index in [1.54, 1.807) is 19.2 Å². The monoisotopic (exact) mass is 252 g/mol. The number of nitrogens with zero attached hydrogens (tertiary/aromatic N) is 1. The second-order valence-electron chi connectivity index (χ2n) is 4.67. The van der Waals surface area contributed by atoms with E-state index in [4.69, 9.17) is 4.74 Å². The second kappa shape index (κ2) is 6.35. The Morgan fingerprint density at radius 3 is 2.56 bits per heavy atom. The van der Waals surface area contributed by atoms with Crippen molar-refractivity contribution in [2.75, 3.05) is 7.11 Å². The first-order valence-electron chi connectivity index (χ1n) is 6.00. The molecule has 100 valence electrons. The maximum absolute atomic E-state index is 10.7. The molecular formula is C13H20N2O3. The summed E-state index contributed by atoms with van der Waals surface area (Å²) in [6.45, 7) is 6.91. The number of nitrogens with one attached hydrogen (secondary N) is 1. The van der Waals surface area contributed by atoms with E-state index < -0.39 is 4.92 Å². The predicted octanol–water partition coefficient (Wildman–Crippen LogP) is 2.74. The average Bonchev–Trinajstić information content (AvgIpc) is 2.35. The van der Waals surface area contributed by atoms with E-state index in [2.05, 4.69) is 26.1 Å². The van der Waals surface area contributed by atoms with Crippen molar-refractivity contribution in [1.29, 1.82) is 0 Å². The van der Waals surface area contributed by atoms with E-state index in [1.165, 1.54) is 6.07 Å². The summed E-state index contributed by atoms with van der Waals surface area (Å²) in [6.07, 6.45) is 0. The molecule has 0 aliphatic heterocycles. The fraction of sp³-hybridized carbons (Fsp3) is 0.538. The zero-order valence-corrected chi connectivity index (χ0v) is 11.3. The lowest BCUT2D eigenvalue weighted by Gasteiger charge is -2.18. The number of benzene rings is 1. The lowest BCUT2D eigenvalue weighted by atomic mass is 10.1. The molecule has 0 spiro atoms. The molecule has 18 heavy (non-hydrogen) atoms. The van der Waals surface area contributed by atoms with Crippen molar-refractivity contribution in [2.45, 2.75) is 33.4 Å². The van der Waals surface area contributed by atoms with E-state index in [0.717, 1.165) is 5.56 Å². The van der Waals surface area contributed by atoms with Gasteiger partial charge in [0.05, 0.1) is 12.0 Å². The molecule has 1 rings (SSSR count). The Kier molecular flexibility index (Phi) is 5.09.